The molecule has 136 valence electrons. The number of fused-ring (bicyclic) bond motifs is 1. The van der Waals surface area contributed by atoms with E-state index in [1.165, 1.54) is 40.9 Å². The second-order valence-corrected chi connectivity index (χ2v) is 7.56. The van der Waals surface area contributed by atoms with Crippen molar-refractivity contribution in [3.05, 3.63) is 79.0 Å². The monoisotopic (exact) mass is 400 g/mol. The number of ether oxygens (including phenoxy) is 1. The van der Waals surface area contributed by atoms with Gasteiger partial charge in [0.1, 0.15) is 17.7 Å². The summed E-state index contributed by atoms with van der Waals surface area (Å²) in [7, 11) is 0. The molecule has 0 aliphatic carbocycles. The minimum Gasteiger partial charge on any atom is -0.456 e. The predicted octanol–water partition coefficient (Wildman–Crippen LogP) is 3.54. The number of hydrogen-bond donors (Lipinski definition) is 0. The first-order valence-corrected chi connectivity index (χ1v) is 9.76. The van der Waals surface area contributed by atoms with E-state index in [1.807, 2.05) is 22.9 Å². The van der Waals surface area contributed by atoms with Crippen LogP contribution in [0.5, 0.6) is 0 Å². The first-order chi connectivity index (χ1) is 13.0. The van der Waals surface area contributed by atoms with Crippen LogP contribution in [-0.2, 0) is 20.9 Å². The van der Waals surface area contributed by atoms with Crippen LogP contribution in [0.1, 0.15) is 11.1 Å². The molecule has 0 radical (unpaired) electrons. The van der Waals surface area contributed by atoms with Crippen LogP contribution in [-0.4, -0.2) is 27.1 Å². The number of hydrogen-bond acceptors (Lipinski definition) is 7. The molecule has 1 atom stereocenters. The molecule has 4 rings (SSSR count). The molecule has 27 heavy (non-hydrogen) atoms. The number of amides is 1. The van der Waals surface area contributed by atoms with Gasteiger partial charge in [0.2, 0.25) is 0 Å². The molecule has 1 aromatic heterocycles. The second-order valence-electron chi connectivity index (χ2n) is 5.82. The van der Waals surface area contributed by atoms with E-state index in [9.17, 15) is 19.7 Å². The van der Waals surface area contributed by atoms with Gasteiger partial charge >= 0.3 is 5.97 Å². The highest BCUT2D eigenvalue weighted by molar-refractivity contribution is 8.03. The van der Waals surface area contributed by atoms with Crippen molar-refractivity contribution in [1.82, 2.24) is 4.90 Å². The number of carbonyl (C=O) groups excluding carboxylic acids is 2. The van der Waals surface area contributed by atoms with Crippen LogP contribution in [0.2, 0.25) is 0 Å². The van der Waals surface area contributed by atoms with Gasteiger partial charge in [0.05, 0.1) is 10.5 Å². The van der Waals surface area contributed by atoms with Gasteiger partial charge in [-0.3, -0.25) is 19.8 Å². The van der Waals surface area contributed by atoms with Gasteiger partial charge in [-0.2, -0.15) is 11.3 Å². The summed E-state index contributed by atoms with van der Waals surface area (Å²) >= 11 is 2.95. The highest BCUT2D eigenvalue weighted by Gasteiger charge is 2.49. The third-order valence-corrected chi connectivity index (χ3v) is 5.91. The first kappa shape index (κ1) is 17.5. The lowest BCUT2D eigenvalue weighted by atomic mass is 10.0. The number of nitro groups is 1. The van der Waals surface area contributed by atoms with Crippen molar-refractivity contribution in [2.75, 3.05) is 0 Å². The number of benzene rings is 1. The van der Waals surface area contributed by atoms with E-state index in [2.05, 4.69) is 0 Å². The number of thioether (sulfide) groups is 1. The maximum Gasteiger partial charge on any atom is 0.355 e. The summed E-state index contributed by atoms with van der Waals surface area (Å²) in [5, 5.41) is 16.0. The number of non-ortho nitro benzene ring substituents is 1. The molecule has 1 aromatic carbocycles. The van der Waals surface area contributed by atoms with E-state index in [1.54, 1.807) is 16.7 Å². The van der Waals surface area contributed by atoms with Crippen LogP contribution in [0.25, 0.3) is 6.08 Å². The third-order valence-electron chi connectivity index (χ3n) is 4.13. The average molecular weight is 400 g/mol. The van der Waals surface area contributed by atoms with Crippen molar-refractivity contribution in [3.63, 3.8) is 0 Å². The van der Waals surface area contributed by atoms with Crippen molar-refractivity contribution in [2.45, 2.75) is 12.0 Å². The molecular formula is C18H12N2O5S2. The molecule has 0 bridgehead atoms. The predicted molar refractivity (Wildman–Crippen MR) is 101 cm³/mol. The summed E-state index contributed by atoms with van der Waals surface area (Å²) in [6.07, 6.45) is 1.84. The van der Waals surface area contributed by atoms with E-state index >= 15 is 0 Å². The number of nitrogens with zero attached hydrogens (tertiary/aromatic N) is 2. The Morgan fingerprint density at radius 1 is 1.30 bits per heavy atom. The average Bonchev–Trinajstić information content (AvgIpc) is 3.32. The van der Waals surface area contributed by atoms with Crippen LogP contribution in [0, 0.1) is 10.1 Å². The Bertz CT molecular complexity index is 980. The number of nitro benzene ring substituents is 1. The number of rotatable bonds is 5. The quantitative estimate of drug-likeness (QED) is 0.251. The number of carbonyl (C=O) groups is 2. The Morgan fingerprint density at radius 3 is 2.74 bits per heavy atom. The molecule has 2 aliphatic rings. The topological polar surface area (TPSA) is 89.7 Å². The third kappa shape index (κ3) is 3.26. The smallest absolute Gasteiger partial charge is 0.355 e. The molecule has 0 saturated carbocycles. The minimum atomic E-state index is -0.591. The molecule has 1 amide bonds. The van der Waals surface area contributed by atoms with Gasteiger partial charge in [-0.15, -0.1) is 11.8 Å². The van der Waals surface area contributed by atoms with Crippen molar-refractivity contribution >= 4 is 46.7 Å². The maximum absolute atomic E-state index is 12.4. The standard InChI is InChI=1S/C18H12N2O5S2/c21-16-14(7-12-5-6-26-9-12)17-19(16)15(10-27-17)18(22)25-8-11-1-3-13(4-2-11)20(23)24/h1-7,9-10,17H,8H2/b14-7+/t17-/m1/s1. The zero-order valence-electron chi connectivity index (χ0n) is 13.7. The van der Waals surface area contributed by atoms with Crippen molar-refractivity contribution in [3.8, 4) is 0 Å². The molecule has 2 aliphatic heterocycles. The Balaban J connectivity index is 1.38. The molecule has 1 saturated heterocycles. The fourth-order valence-corrected chi connectivity index (χ4v) is 4.46. The number of esters is 1. The Hall–Kier alpha value is -2.91. The SMILES string of the molecule is O=C(OCc1ccc([N+](=O)[O-])cc1)C1=CS[C@@H]2/C(=C/c3ccsc3)C(=O)N12. The first-order valence-electron chi connectivity index (χ1n) is 7.88. The lowest BCUT2D eigenvalue weighted by Crippen LogP contribution is -2.51. The highest BCUT2D eigenvalue weighted by atomic mass is 32.2. The van der Waals surface area contributed by atoms with Gasteiger partial charge in [-0.05, 0) is 46.2 Å². The van der Waals surface area contributed by atoms with E-state index in [-0.39, 0.29) is 29.3 Å². The van der Waals surface area contributed by atoms with Gasteiger partial charge in [-0.1, -0.05) is 0 Å². The summed E-state index contributed by atoms with van der Waals surface area (Å²) in [6, 6.07) is 7.69. The molecule has 0 unspecified atom stereocenters. The summed E-state index contributed by atoms with van der Waals surface area (Å²) in [6.45, 7) is -0.0247. The van der Waals surface area contributed by atoms with Gasteiger partial charge in [-0.25, -0.2) is 4.79 Å². The molecule has 0 spiro atoms. The molecule has 2 aromatic rings. The molecule has 0 N–H and O–H groups in total. The summed E-state index contributed by atoms with van der Waals surface area (Å²) < 4.78 is 5.25. The molecule has 1 fully saturated rings. The van der Waals surface area contributed by atoms with E-state index in [0.717, 1.165) is 5.56 Å². The van der Waals surface area contributed by atoms with Crippen molar-refractivity contribution in [1.29, 1.82) is 0 Å². The second kappa shape index (κ2) is 7.01. The number of thiophene rings is 1. The van der Waals surface area contributed by atoms with Crippen molar-refractivity contribution < 1.29 is 19.2 Å². The van der Waals surface area contributed by atoms with Crippen molar-refractivity contribution in [2.24, 2.45) is 0 Å². The summed E-state index contributed by atoms with van der Waals surface area (Å²) in [4.78, 5) is 36.3. The highest BCUT2D eigenvalue weighted by Crippen LogP contribution is 2.45. The fourth-order valence-electron chi connectivity index (χ4n) is 2.73. The van der Waals surface area contributed by atoms with Gasteiger partial charge in [0, 0.05) is 17.5 Å². The zero-order valence-corrected chi connectivity index (χ0v) is 15.4. The van der Waals surface area contributed by atoms with Gasteiger partial charge in [0.25, 0.3) is 11.6 Å². The van der Waals surface area contributed by atoms with Crippen LogP contribution in [0.15, 0.2) is 57.8 Å². The zero-order chi connectivity index (χ0) is 19.0. The maximum atomic E-state index is 12.4. The fraction of sp³-hybridized carbons (Fsp3) is 0.111. The van der Waals surface area contributed by atoms with Gasteiger partial charge in [0.15, 0.2) is 0 Å². The summed E-state index contributed by atoms with van der Waals surface area (Å²) in [5.74, 6) is -0.791. The molecular weight excluding hydrogens is 388 g/mol. The van der Waals surface area contributed by atoms with Crippen LogP contribution >= 0.6 is 23.1 Å². The summed E-state index contributed by atoms with van der Waals surface area (Å²) in [5.41, 5.74) is 2.45. The minimum absolute atomic E-state index is 0.0247. The van der Waals surface area contributed by atoms with Crippen LogP contribution in [0.3, 0.4) is 0 Å². The largest absolute Gasteiger partial charge is 0.456 e. The van der Waals surface area contributed by atoms with E-state index < -0.39 is 10.9 Å². The Kier molecular flexibility index (Phi) is 4.54. The number of β-lactam (4-membered cyclic amide) rings is 1. The van der Waals surface area contributed by atoms with E-state index in [0.29, 0.717) is 11.1 Å². The lowest BCUT2D eigenvalue weighted by molar-refractivity contribution is -0.384. The van der Waals surface area contributed by atoms with E-state index in [4.69, 9.17) is 4.74 Å². The Morgan fingerprint density at radius 2 is 2.07 bits per heavy atom. The normalized spacial score (nSPS) is 19.5. The van der Waals surface area contributed by atoms with Crippen LogP contribution in [0.4, 0.5) is 5.69 Å². The lowest BCUT2D eigenvalue weighted by Gasteiger charge is -2.37. The molecule has 9 heteroatoms. The molecule has 3 heterocycles. The van der Waals surface area contributed by atoms with Gasteiger partial charge < -0.3 is 4.74 Å². The molecule has 7 nitrogen and oxygen atoms in total. The Labute approximate surface area is 162 Å². The van der Waals surface area contributed by atoms with Crippen LogP contribution < -0.4 is 0 Å².